The highest BCUT2D eigenvalue weighted by atomic mass is 35.5. The van der Waals surface area contributed by atoms with Gasteiger partial charge in [0.2, 0.25) is 10.0 Å². The van der Waals surface area contributed by atoms with E-state index in [4.69, 9.17) is 16.0 Å². The maximum atomic E-state index is 12.3. The second kappa shape index (κ2) is 5.36. The summed E-state index contributed by atoms with van der Waals surface area (Å²) < 4.78 is 31.2. The summed E-state index contributed by atoms with van der Waals surface area (Å²) in [4.78, 5) is 0.211. The van der Waals surface area contributed by atoms with E-state index in [1.807, 2.05) is 6.92 Å². The minimum Gasteiger partial charge on any atom is -0.465 e. The van der Waals surface area contributed by atoms with Gasteiger partial charge < -0.3 is 4.42 Å². The highest BCUT2D eigenvalue weighted by Crippen LogP contribution is 2.19. The Balaban J connectivity index is 2.21. The molecule has 0 N–H and O–H groups in total. The number of aryl methyl sites for hydroxylation is 1. The molecule has 0 aliphatic heterocycles. The highest BCUT2D eigenvalue weighted by molar-refractivity contribution is 7.89. The maximum absolute atomic E-state index is 12.3. The Labute approximate surface area is 117 Å². The van der Waals surface area contributed by atoms with Crippen LogP contribution in [0.5, 0.6) is 0 Å². The van der Waals surface area contributed by atoms with Gasteiger partial charge in [-0.1, -0.05) is 11.6 Å². The summed E-state index contributed by atoms with van der Waals surface area (Å²) in [5.74, 6) is 1.37. The van der Waals surface area contributed by atoms with E-state index in [2.05, 4.69) is 0 Å². The SMILES string of the molecule is Cc1ccc(CN(C)S(=O)(=O)c2ccc(Cl)cc2)o1. The van der Waals surface area contributed by atoms with Crippen molar-refractivity contribution in [1.82, 2.24) is 4.31 Å². The summed E-state index contributed by atoms with van der Waals surface area (Å²) >= 11 is 5.75. The Hall–Kier alpha value is -1.30. The average Bonchev–Trinajstić information content (AvgIpc) is 2.75. The molecule has 0 bridgehead atoms. The van der Waals surface area contributed by atoms with Crippen LogP contribution in [0.4, 0.5) is 0 Å². The average molecular weight is 300 g/mol. The predicted molar refractivity (Wildman–Crippen MR) is 73.5 cm³/mol. The van der Waals surface area contributed by atoms with Crippen molar-refractivity contribution >= 4 is 21.6 Å². The number of benzene rings is 1. The van der Waals surface area contributed by atoms with Crippen LogP contribution >= 0.6 is 11.6 Å². The molecule has 6 heteroatoms. The van der Waals surface area contributed by atoms with Crippen molar-refractivity contribution in [2.75, 3.05) is 7.05 Å². The zero-order chi connectivity index (χ0) is 14.0. The van der Waals surface area contributed by atoms with E-state index in [-0.39, 0.29) is 11.4 Å². The van der Waals surface area contributed by atoms with Crippen LogP contribution in [0.15, 0.2) is 45.7 Å². The largest absolute Gasteiger partial charge is 0.465 e. The topological polar surface area (TPSA) is 50.5 Å². The first-order valence-corrected chi connectivity index (χ1v) is 7.48. The second-order valence-corrected chi connectivity index (χ2v) is 6.71. The lowest BCUT2D eigenvalue weighted by molar-refractivity contribution is 0.397. The molecule has 2 aromatic rings. The molecule has 102 valence electrons. The predicted octanol–water partition coefficient (Wildman–Crippen LogP) is 3.06. The van der Waals surface area contributed by atoms with Gasteiger partial charge in [0, 0.05) is 12.1 Å². The summed E-state index contributed by atoms with van der Waals surface area (Å²) in [6.45, 7) is 2.01. The van der Waals surface area contributed by atoms with Crippen molar-refractivity contribution in [3.63, 3.8) is 0 Å². The molecule has 1 heterocycles. The lowest BCUT2D eigenvalue weighted by Gasteiger charge is -2.15. The van der Waals surface area contributed by atoms with E-state index in [0.29, 0.717) is 10.8 Å². The molecule has 0 unspecified atom stereocenters. The smallest absolute Gasteiger partial charge is 0.243 e. The number of halogens is 1. The van der Waals surface area contributed by atoms with Gasteiger partial charge in [0.25, 0.3) is 0 Å². The third-order valence-corrected chi connectivity index (χ3v) is 4.77. The molecule has 0 saturated carbocycles. The summed E-state index contributed by atoms with van der Waals surface area (Å²) in [5.41, 5.74) is 0. The molecular formula is C13H14ClNO3S. The fraction of sp³-hybridized carbons (Fsp3) is 0.231. The number of rotatable bonds is 4. The van der Waals surface area contributed by atoms with Crippen molar-refractivity contribution in [3.8, 4) is 0 Å². The van der Waals surface area contributed by atoms with Gasteiger partial charge in [-0.25, -0.2) is 8.42 Å². The first-order chi connectivity index (χ1) is 8.89. The van der Waals surface area contributed by atoms with Crippen molar-refractivity contribution in [2.24, 2.45) is 0 Å². The first-order valence-electron chi connectivity index (χ1n) is 5.67. The van der Waals surface area contributed by atoms with Gasteiger partial charge in [-0.05, 0) is 43.3 Å². The number of sulfonamides is 1. The van der Waals surface area contributed by atoms with Crippen LogP contribution < -0.4 is 0 Å². The van der Waals surface area contributed by atoms with E-state index < -0.39 is 10.0 Å². The van der Waals surface area contributed by atoms with Gasteiger partial charge >= 0.3 is 0 Å². The quantitative estimate of drug-likeness (QED) is 0.872. The lowest BCUT2D eigenvalue weighted by Crippen LogP contribution is -2.26. The molecule has 0 amide bonds. The Bertz CT molecular complexity index is 661. The molecule has 0 aliphatic carbocycles. The van der Waals surface area contributed by atoms with Crippen molar-refractivity contribution in [3.05, 3.63) is 52.9 Å². The maximum Gasteiger partial charge on any atom is 0.243 e. The van der Waals surface area contributed by atoms with E-state index in [1.165, 1.54) is 23.5 Å². The highest BCUT2D eigenvalue weighted by Gasteiger charge is 2.21. The molecule has 19 heavy (non-hydrogen) atoms. The Kier molecular flexibility index (Phi) is 3.99. The standard InChI is InChI=1S/C13H14ClNO3S/c1-10-3-6-12(18-10)9-15(2)19(16,17)13-7-4-11(14)5-8-13/h3-8H,9H2,1-2H3. The Morgan fingerprint density at radius 1 is 1.16 bits per heavy atom. The van der Waals surface area contributed by atoms with Crippen LogP contribution in [0.2, 0.25) is 5.02 Å². The molecule has 0 fully saturated rings. The van der Waals surface area contributed by atoms with Crippen LogP contribution in [0, 0.1) is 6.92 Å². The van der Waals surface area contributed by atoms with Gasteiger partial charge in [-0.15, -0.1) is 0 Å². The third kappa shape index (κ3) is 3.18. The van der Waals surface area contributed by atoms with E-state index in [1.54, 1.807) is 24.3 Å². The minimum atomic E-state index is -3.53. The normalized spacial score (nSPS) is 12.0. The molecule has 0 saturated heterocycles. The number of nitrogens with zero attached hydrogens (tertiary/aromatic N) is 1. The molecule has 1 aromatic carbocycles. The molecule has 2 rings (SSSR count). The summed E-state index contributed by atoms with van der Waals surface area (Å²) in [5, 5.41) is 0.503. The van der Waals surface area contributed by atoms with Gasteiger partial charge in [0.05, 0.1) is 11.4 Å². The number of hydrogen-bond acceptors (Lipinski definition) is 3. The Morgan fingerprint density at radius 3 is 2.32 bits per heavy atom. The zero-order valence-corrected chi connectivity index (χ0v) is 12.2. The van der Waals surface area contributed by atoms with Gasteiger partial charge in [-0.3, -0.25) is 0 Å². The van der Waals surface area contributed by atoms with Crippen LogP contribution in [0.25, 0.3) is 0 Å². The van der Waals surface area contributed by atoms with Crippen molar-refractivity contribution in [1.29, 1.82) is 0 Å². The van der Waals surface area contributed by atoms with E-state index in [0.717, 1.165) is 5.76 Å². The molecule has 0 aliphatic rings. The molecule has 0 radical (unpaired) electrons. The second-order valence-electron chi connectivity index (χ2n) is 4.23. The lowest BCUT2D eigenvalue weighted by atomic mass is 10.4. The summed E-state index contributed by atoms with van der Waals surface area (Å²) in [6.07, 6.45) is 0. The molecule has 0 spiro atoms. The monoisotopic (exact) mass is 299 g/mol. The van der Waals surface area contributed by atoms with Gasteiger partial charge in [0.1, 0.15) is 11.5 Å². The van der Waals surface area contributed by atoms with E-state index >= 15 is 0 Å². The number of hydrogen-bond donors (Lipinski definition) is 0. The molecule has 1 aromatic heterocycles. The number of furan rings is 1. The fourth-order valence-electron chi connectivity index (χ4n) is 1.66. The van der Waals surface area contributed by atoms with Crippen LogP contribution in [0.1, 0.15) is 11.5 Å². The van der Waals surface area contributed by atoms with Crippen LogP contribution in [-0.2, 0) is 16.6 Å². The van der Waals surface area contributed by atoms with Gasteiger partial charge in [0.15, 0.2) is 0 Å². The van der Waals surface area contributed by atoms with Gasteiger partial charge in [-0.2, -0.15) is 4.31 Å². The molecule has 0 atom stereocenters. The molecule has 4 nitrogen and oxygen atoms in total. The minimum absolute atomic E-state index is 0.193. The van der Waals surface area contributed by atoms with Crippen molar-refractivity contribution < 1.29 is 12.8 Å². The fourth-order valence-corrected chi connectivity index (χ4v) is 2.92. The summed E-state index contributed by atoms with van der Waals surface area (Å²) in [7, 11) is -2.01. The zero-order valence-electron chi connectivity index (χ0n) is 10.6. The van der Waals surface area contributed by atoms with Crippen LogP contribution in [0.3, 0.4) is 0 Å². The van der Waals surface area contributed by atoms with E-state index in [9.17, 15) is 8.42 Å². The molecular weight excluding hydrogens is 286 g/mol. The van der Waals surface area contributed by atoms with Crippen molar-refractivity contribution in [2.45, 2.75) is 18.4 Å². The Morgan fingerprint density at radius 2 is 1.79 bits per heavy atom. The summed E-state index contributed by atoms with van der Waals surface area (Å²) in [6, 6.07) is 9.66. The first kappa shape index (κ1) is 14.1. The third-order valence-electron chi connectivity index (χ3n) is 2.70. The van der Waals surface area contributed by atoms with Crippen LogP contribution in [-0.4, -0.2) is 19.8 Å².